The van der Waals surface area contributed by atoms with E-state index >= 15 is 0 Å². The number of rotatable bonds is 34. The zero-order valence-corrected chi connectivity index (χ0v) is 32.8. The van der Waals surface area contributed by atoms with Crippen LogP contribution in [0.25, 0.3) is 0 Å². The number of allylic oxidation sites excluding steroid dienone is 20. The van der Waals surface area contributed by atoms with Gasteiger partial charge in [-0.25, -0.2) is 0 Å². The van der Waals surface area contributed by atoms with E-state index in [1.165, 1.54) is 25.7 Å². The Morgan fingerprint density at radius 3 is 1.29 bits per heavy atom. The van der Waals surface area contributed by atoms with Crippen LogP contribution in [0.3, 0.4) is 0 Å². The van der Waals surface area contributed by atoms with Gasteiger partial charge in [-0.3, -0.25) is 9.59 Å². The van der Waals surface area contributed by atoms with Gasteiger partial charge in [0.05, 0.1) is 6.61 Å². The molecule has 0 radical (unpaired) electrons. The number of esters is 2. The number of ether oxygens (including phenoxy) is 2. The number of carbonyl (C=O) groups is 2. The van der Waals surface area contributed by atoms with Crippen LogP contribution >= 0.6 is 0 Å². The molecule has 0 saturated heterocycles. The van der Waals surface area contributed by atoms with Crippen LogP contribution in [0.4, 0.5) is 0 Å². The minimum absolute atomic E-state index is 0.128. The van der Waals surface area contributed by atoms with Crippen LogP contribution in [0.5, 0.6) is 0 Å². The molecule has 290 valence electrons. The third-order valence-corrected chi connectivity index (χ3v) is 7.75. The van der Waals surface area contributed by atoms with Crippen molar-refractivity contribution >= 4 is 11.9 Å². The summed E-state index contributed by atoms with van der Waals surface area (Å²) in [5.41, 5.74) is 0. The van der Waals surface area contributed by atoms with Crippen molar-refractivity contribution < 1.29 is 24.2 Å². The third kappa shape index (κ3) is 39.1. The lowest BCUT2D eigenvalue weighted by Crippen LogP contribution is -2.28. The van der Waals surface area contributed by atoms with Gasteiger partial charge >= 0.3 is 11.9 Å². The molecule has 5 nitrogen and oxygen atoms in total. The monoisotopic (exact) mass is 717 g/mol. The van der Waals surface area contributed by atoms with E-state index in [9.17, 15) is 14.7 Å². The Balaban J connectivity index is 3.80. The summed E-state index contributed by atoms with van der Waals surface area (Å²) in [5, 5.41) is 9.55. The topological polar surface area (TPSA) is 72.8 Å². The number of hydrogen-bond acceptors (Lipinski definition) is 5. The first kappa shape index (κ1) is 48.3. The predicted molar refractivity (Wildman–Crippen MR) is 223 cm³/mol. The Morgan fingerprint density at radius 1 is 0.462 bits per heavy atom. The molecule has 0 aliphatic heterocycles. The SMILES string of the molecule is CC/C=C/C/C=C/C/C=C/C/C=C/C/C=C/C/C=C/CCC(=O)OC[C@H](CO)OC(=O)CCCCC/C=C/C/C=C/C/C=C/C/C=C/CCCCC. The fraction of sp³-hybridized carbons (Fsp3) is 0.532. The van der Waals surface area contributed by atoms with Gasteiger partial charge < -0.3 is 14.6 Å². The minimum atomic E-state index is -0.828. The normalized spacial score (nSPS) is 13.5. The third-order valence-electron chi connectivity index (χ3n) is 7.75. The quantitative estimate of drug-likeness (QED) is 0.0408. The van der Waals surface area contributed by atoms with E-state index in [1.54, 1.807) is 0 Å². The molecule has 0 aliphatic carbocycles. The lowest BCUT2D eigenvalue weighted by molar-refractivity contribution is -0.161. The van der Waals surface area contributed by atoms with Crippen LogP contribution in [0, 0.1) is 0 Å². The van der Waals surface area contributed by atoms with E-state index in [2.05, 4.69) is 123 Å². The molecular formula is C47H72O5. The summed E-state index contributed by atoms with van der Waals surface area (Å²) >= 11 is 0. The molecule has 1 atom stereocenters. The molecule has 1 N–H and O–H groups in total. The van der Waals surface area contributed by atoms with Crippen molar-refractivity contribution in [2.24, 2.45) is 0 Å². The van der Waals surface area contributed by atoms with Crippen molar-refractivity contribution in [3.8, 4) is 0 Å². The number of carbonyl (C=O) groups excluding carboxylic acids is 2. The van der Waals surface area contributed by atoms with Crippen LogP contribution in [0.15, 0.2) is 122 Å². The van der Waals surface area contributed by atoms with Gasteiger partial charge in [-0.15, -0.1) is 0 Å². The van der Waals surface area contributed by atoms with Crippen molar-refractivity contribution in [2.75, 3.05) is 13.2 Å². The van der Waals surface area contributed by atoms with Crippen LogP contribution < -0.4 is 0 Å². The lowest BCUT2D eigenvalue weighted by atomic mass is 10.1. The van der Waals surface area contributed by atoms with E-state index in [0.29, 0.717) is 12.8 Å². The first-order valence-electron chi connectivity index (χ1n) is 20.1. The zero-order chi connectivity index (χ0) is 37.8. The van der Waals surface area contributed by atoms with Gasteiger partial charge in [0.15, 0.2) is 6.10 Å². The molecule has 0 spiro atoms. The first-order valence-corrected chi connectivity index (χ1v) is 20.1. The highest BCUT2D eigenvalue weighted by atomic mass is 16.6. The number of aliphatic hydroxyl groups is 1. The largest absolute Gasteiger partial charge is 0.462 e. The molecular weight excluding hydrogens is 645 g/mol. The molecule has 0 heterocycles. The summed E-state index contributed by atoms with van der Waals surface area (Å²) in [6, 6.07) is 0. The minimum Gasteiger partial charge on any atom is -0.462 e. The second-order valence-electron chi connectivity index (χ2n) is 12.6. The summed E-state index contributed by atoms with van der Waals surface area (Å²) in [6.45, 7) is 3.87. The molecule has 0 bridgehead atoms. The van der Waals surface area contributed by atoms with E-state index in [1.807, 2.05) is 12.2 Å². The average molecular weight is 717 g/mol. The zero-order valence-electron chi connectivity index (χ0n) is 32.8. The Kier molecular flexibility index (Phi) is 38.8. The van der Waals surface area contributed by atoms with E-state index in [-0.39, 0.29) is 31.6 Å². The molecule has 5 heteroatoms. The summed E-state index contributed by atoms with van der Waals surface area (Å²) in [4.78, 5) is 24.2. The molecule has 0 fully saturated rings. The summed E-state index contributed by atoms with van der Waals surface area (Å²) in [6.07, 6.45) is 61.2. The van der Waals surface area contributed by atoms with Gasteiger partial charge in [0, 0.05) is 12.8 Å². The second kappa shape index (κ2) is 41.7. The fourth-order valence-electron chi connectivity index (χ4n) is 4.74. The first-order chi connectivity index (χ1) is 25.6. The standard InChI is InChI=1S/C47H72O5/c1-3-5-7-9-11-13-15-17-19-21-23-25-27-29-31-33-35-37-39-41-46(49)51-44-45(43-48)52-47(50)42-40-38-36-34-32-30-28-26-24-22-20-18-16-14-12-10-8-6-4-2/h5,7,11-14,17-20,23-26,29-32,35,37,45,48H,3-4,6,8-10,15-16,21-22,27-28,33-34,36,38-44H2,1-2H3/b7-5+,13-11+,14-12+,19-17+,20-18+,25-23+,26-24+,31-29+,32-30+,37-35+/t45-/m0/s1. The van der Waals surface area contributed by atoms with Crippen LogP contribution in [0.2, 0.25) is 0 Å². The Bertz CT molecular complexity index is 1130. The smallest absolute Gasteiger partial charge is 0.306 e. The molecule has 0 aromatic carbocycles. The molecule has 0 unspecified atom stereocenters. The Labute approximate surface area is 318 Å². The fourth-order valence-corrected chi connectivity index (χ4v) is 4.74. The summed E-state index contributed by atoms with van der Waals surface area (Å²) in [5.74, 6) is -0.739. The van der Waals surface area contributed by atoms with E-state index in [0.717, 1.165) is 83.5 Å². The highest BCUT2D eigenvalue weighted by Crippen LogP contribution is 2.08. The van der Waals surface area contributed by atoms with Gasteiger partial charge in [0.2, 0.25) is 0 Å². The van der Waals surface area contributed by atoms with Crippen molar-refractivity contribution in [3.05, 3.63) is 122 Å². The molecule has 0 amide bonds. The number of aliphatic hydroxyl groups excluding tert-OH is 1. The van der Waals surface area contributed by atoms with E-state index in [4.69, 9.17) is 9.47 Å². The van der Waals surface area contributed by atoms with Crippen LogP contribution in [-0.4, -0.2) is 36.4 Å². The molecule has 0 aromatic heterocycles. The predicted octanol–water partition coefficient (Wildman–Crippen LogP) is 12.8. The maximum atomic E-state index is 12.2. The van der Waals surface area contributed by atoms with Gasteiger partial charge in [-0.05, 0) is 96.3 Å². The van der Waals surface area contributed by atoms with Gasteiger partial charge in [0.1, 0.15) is 6.61 Å². The Hall–Kier alpha value is -3.70. The van der Waals surface area contributed by atoms with Crippen LogP contribution in [0.1, 0.15) is 142 Å². The highest BCUT2D eigenvalue weighted by molar-refractivity contribution is 5.70. The highest BCUT2D eigenvalue weighted by Gasteiger charge is 2.15. The van der Waals surface area contributed by atoms with Gasteiger partial charge in [-0.1, -0.05) is 155 Å². The molecule has 0 rings (SSSR count). The molecule has 52 heavy (non-hydrogen) atoms. The second-order valence-corrected chi connectivity index (χ2v) is 12.6. The molecule has 0 saturated carbocycles. The number of unbranched alkanes of at least 4 members (excludes halogenated alkanes) is 6. The summed E-state index contributed by atoms with van der Waals surface area (Å²) < 4.78 is 10.5. The molecule has 0 aliphatic rings. The van der Waals surface area contributed by atoms with Crippen molar-refractivity contribution in [3.63, 3.8) is 0 Å². The van der Waals surface area contributed by atoms with Crippen molar-refractivity contribution in [2.45, 2.75) is 148 Å². The maximum Gasteiger partial charge on any atom is 0.306 e. The van der Waals surface area contributed by atoms with Crippen molar-refractivity contribution in [1.29, 1.82) is 0 Å². The number of hydrogen-bond donors (Lipinski definition) is 1. The maximum absolute atomic E-state index is 12.2. The lowest BCUT2D eigenvalue weighted by Gasteiger charge is -2.15. The van der Waals surface area contributed by atoms with E-state index < -0.39 is 6.10 Å². The average Bonchev–Trinajstić information content (AvgIpc) is 3.15. The van der Waals surface area contributed by atoms with Gasteiger partial charge in [0.25, 0.3) is 0 Å². The summed E-state index contributed by atoms with van der Waals surface area (Å²) in [7, 11) is 0. The van der Waals surface area contributed by atoms with Crippen molar-refractivity contribution in [1.82, 2.24) is 0 Å². The van der Waals surface area contributed by atoms with Crippen LogP contribution in [-0.2, 0) is 19.1 Å². The Morgan fingerprint density at radius 2 is 0.865 bits per heavy atom. The van der Waals surface area contributed by atoms with Gasteiger partial charge in [-0.2, -0.15) is 0 Å². The molecule has 0 aromatic rings.